The number of hydrogen-bond acceptors (Lipinski definition) is 6. The predicted octanol–water partition coefficient (Wildman–Crippen LogP) is 4.63. The molecule has 2 bridgehead atoms. The molecule has 0 amide bonds. The number of aliphatic hydroxyl groups is 1. The number of hydrogen-bond donors (Lipinski definition) is 1. The van der Waals surface area contributed by atoms with E-state index in [1.165, 1.54) is 0 Å². The number of para-hydroxylation sites is 2. The van der Waals surface area contributed by atoms with E-state index in [1.54, 1.807) is 6.20 Å². The Bertz CT molecular complexity index is 1250. The molecule has 1 aromatic heterocycles. The number of aromatic nitrogens is 2. The fourth-order valence-corrected chi connectivity index (χ4v) is 5.36. The van der Waals surface area contributed by atoms with Crippen molar-refractivity contribution in [2.75, 3.05) is 0 Å². The van der Waals surface area contributed by atoms with Crippen LogP contribution in [0.3, 0.4) is 0 Å². The molecule has 0 radical (unpaired) electrons. The second-order valence-electron chi connectivity index (χ2n) is 8.44. The van der Waals surface area contributed by atoms with Crippen LogP contribution in [0.25, 0.3) is 16.6 Å². The molecule has 0 saturated carbocycles. The zero-order valence-electron chi connectivity index (χ0n) is 17.1. The van der Waals surface area contributed by atoms with E-state index in [2.05, 4.69) is 9.97 Å². The maximum Gasteiger partial charge on any atom is 0.238 e. The molecule has 31 heavy (non-hydrogen) atoms. The molecule has 3 aliphatic rings. The summed E-state index contributed by atoms with van der Waals surface area (Å²) in [5, 5.41) is 11.0. The Morgan fingerprint density at radius 2 is 1.87 bits per heavy atom. The van der Waals surface area contributed by atoms with Gasteiger partial charge < -0.3 is 14.6 Å². The van der Waals surface area contributed by atoms with Crippen molar-refractivity contribution in [2.24, 2.45) is 11.8 Å². The molecule has 2 saturated heterocycles. The van der Waals surface area contributed by atoms with Crippen molar-refractivity contribution in [1.29, 1.82) is 0 Å². The van der Waals surface area contributed by atoms with Gasteiger partial charge in [-0.15, -0.1) is 0 Å². The van der Waals surface area contributed by atoms with Crippen LogP contribution in [0.1, 0.15) is 30.9 Å². The minimum Gasteiger partial charge on any atom is -0.511 e. The van der Waals surface area contributed by atoms with Gasteiger partial charge in [-0.05, 0) is 54.7 Å². The molecule has 2 aliphatic heterocycles. The number of rotatable bonds is 4. The summed E-state index contributed by atoms with van der Waals surface area (Å²) in [5.41, 5.74) is 3.72. The number of carbonyl (C=O) groups excluding carboxylic acids is 1. The number of aliphatic hydroxyl groups excluding tert-OH is 1. The monoisotopic (exact) mass is 414 g/mol. The topological polar surface area (TPSA) is 81.5 Å². The Hall–Kier alpha value is -3.25. The molecule has 3 aromatic rings. The van der Waals surface area contributed by atoms with Gasteiger partial charge in [-0.2, -0.15) is 0 Å². The number of benzene rings is 2. The molecule has 4 atom stereocenters. The molecular weight excluding hydrogens is 392 g/mol. The molecular formula is C25H22N2O4. The van der Waals surface area contributed by atoms with Gasteiger partial charge in [0.2, 0.25) is 5.88 Å². The molecule has 156 valence electrons. The van der Waals surface area contributed by atoms with Crippen molar-refractivity contribution < 1.29 is 19.4 Å². The van der Waals surface area contributed by atoms with E-state index in [4.69, 9.17) is 9.47 Å². The predicted molar refractivity (Wildman–Crippen MR) is 115 cm³/mol. The van der Waals surface area contributed by atoms with Gasteiger partial charge in [0.05, 0.1) is 46.8 Å². The first-order valence-corrected chi connectivity index (χ1v) is 10.8. The smallest absolute Gasteiger partial charge is 0.238 e. The van der Waals surface area contributed by atoms with E-state index in [0.717, 1.165) is 41.4 Å². The van der Waals surface area contributed by atoms with Crippen molar-refractivity contribution in [3.8, 4) is 11.6 Å². The number of aryl methyl sites for hydroxylation is 1. The lowest BCUT2D eigenvalue weighted by atomic mass is 9.80. The normalized spacial score (nSPS) is 26.7. The standard InChI is InChI=1S/C25H22N2O4/c1-2-13-7-8-14(30-20-12-26-16-5-3-4-6-17(16)27-20)11-15(13)21-24(28)22-18-9-10-19(31-18)23(22)25(21)29/h3-8,11-12,18-19,22-23,28H,2,9-10H2,1H3/t18?,19?,22-,23+/m1/s1. The Kier molecular flexibility index (Phi) is 4.11. The van der Waals surface area contributed by atoms with E-state index in [9.17, 15) is 9.90 Å². The van der Waals surface area contributed by atoms with Gasteiger partial charge >= 0.3 is 0 Å². The summed E-state index contributed by atoms with van der Waals surface area (Å²) < 4.78 is 11.9. The highest BCUT2D eigenvalue weighted by atomic mass is 16.5. The lowest BCUT2D eigenvalue weighted by molar-refractivity contribution is -0.118. The summed E-state index contributed by atoms with van der Waals surface area (Å²) in [6.45, 7) is 2.04. The third-order valence-electron chi connectivity index (χ3n) is 6.77. The molecule has 2 unspecified atom stereocenters. The lowest BCUT2D eigenvalue weighted by Crippen LogP contribution is -2.29. The number of ketones is 1. The summed E-state index contributed by atoms with van der Waals surface area (Å²) in [5.74, 6) is 0.650. The first kappa shape index (κ1) is 18.5. The molecule has 2 aromatic carbocycles. The van der Waals surface area contributed by atoms with Gasteiger partial charge in [0.15, 0.2) is 5.78 Å². The highest BCUT2D eigenvalue weighted by Crippen LogP contribution is 2.54. The van der Waals surface area contributed by atoms with Crippen LogP contribution in [0.2, 0.25) is 0 Å². The highest BCUT2D eigenvalue weighted by Gasteiger charge is 2.59. The van der Waals surface area contributed by atoms with Gasteiger partial charge in [-0.3, -0.25) is 4.79 Å². The highest BCUT2D eigenvalue weighted by molar-refractivity contribution is 6.25. The number of ether oxygens (including phenoxy) is 2. The number of allylic oxidation sites excluding steroid dienone is 1. The maximum atomic E-state index is 13.3. The Labute approximate surface area is 179 Å². The van der Waals surface area contributed by atoms with Gasteiger partial charge in [-0.25, -0.2) is 9.97 Å². The zero-order chi connectivity index (χ0) is 21.1. The van der Waals surface area contributed by atoms with E-state index >= 15 is 0 Å². The van der Waals surface area contributed by atoms with E-state index < -0.39 is 0 Å². The fourth-order valence-electron chi connectivity index (χ4n) is 5.36. The average Bonchev–Trinajstić information content (AvgIpc) is 3.47. The molecule has 3 heterocycles. The van der Waals surface area contributed by atoms with Gasteiger partial charge in [0, 0.05) is 0 Å². The largest absolute Gasteiger partial charge is 0.511 e. The third-order valence-corrected chi connectivity index (χ3v) is 6.77. The van der Waals surface area contributed by atoms with E-state index in [-0.39, 0.29) is 35.6 Å². The van der Waals surface area contributed by atoms with Crippen molar-refractivity contribution in [3.05, 3.63) is 65.5 Å². The van der Waals surface area contributed by atoms with Crippen LogP contribution in [0.5, 0.6) is 11.6 Å². The van der Waals surface area contributed by atoms with Gasteiger partial charge in [-0.1, -0.05) is 25.1 Å². The number of nitrogens with zero attached hydrogens (tertiary/aromatic N) is 2. The van der Waals surface area contributed by atoms with Crippen molar-refractivity contribution in [3.63, 3.8) is 0 Å². The first-order chi connectivity index (χ1) is 15.1. The maximum absolute atomic E-state index is 13.3. The average molecular weight is 414 g/mol. The third kappa shape index (κ3) is 2.78. The number of carbonyl (C=O) groups is 1. The molecule has 0 spiro atoms. The van der Waals surface area contributed by atoms with Crippen molar-refractivity contribution >= 4 is 22.4 Å². The van der Waals surface area contributed by atoms with Crippen LogP contribution in [0.4, 0.5) is 0 Å². The summed E-state index contributed by atoms with van der Waals surface area (Å²) in [6.07, 6.45) is 4.01. The molecule has 1 aliphatic carbocycles. The lowest BCUT2D eigenvalue weighted by Gasteiger charge is -2.19. The van der Waals surface area contributed by atoms with Crippen LogP contribution in [0.15, 0.2) is 54.4 Å². The number of fused-ring (bicyclic) bond motifs is 6. The summed E-state index contributed by atoms with van der Waals surface area (Å²) >= 11 is 0. The van der Waals surface area contributed by atoms with Crippen LogP contribution in [-0.4, -0.2) is 33.1 Å². The molecule has 1 N–H and O–H groups in total. The molecule has 2 fully saturated rings. The number of Topliss-reactive ketones (excluding diaryl/α,β-unsaturated/α-hetero) is 1. The minimum absolute atomic E-state index is 0.00736. The van der Waals surface area contributed by atoms with Crippen LogP contribution >= 0.6 is 0 Å². The van der Waals surface area contributed by atoms with Crippen molar-refractivity contribution in [2.45, 2.75) is 38.4 Å². The minimum atomic E-state index is -0.255. The second-order valence-corrected chi connectivity index (χ2v) is 8.44. The van der Waals surface area contributed by atoms with E-state index in [1.807, 2.05) is 49.4 Å². The van der Waals surface area contributed by atoms with Gasteiger partial charge in [0.1, 0.15) is 11.5 Å². The summed E-state index contributed by atoms with van der Waals surface area (Å²) in [4.78, 5) is 22.2. The Balaban J connectivity index is 1.38. The fraction of sp³-hybridized carbons (Fsp3) is 0.320. The Morgan fingerprint density at radius 1 is 1.10 bits per heavy atom. The van der Waals surface area contributed by atoms with Crippen LogP contribution in [-0.2, 0) is 16.0 Å². The van der Waals surface area contributed by atoms with Crippen LogP contribution in [0, 0.1) is 11.8 Å². The summed E-state index contributed by atoms with van der Waals surface area (Å²) in [6, 6.07) is 13.3. The molecule has 6 heteroatoms. The molecule has 6 nitrogen and oxygen atoms in total. The van der Waals surface area contributed by atoms with Crippen molar-refractivity contribution in [1.82, 2.24) is 9.97 Å². The zero-order valence-corrected chi connectivity index (χ0v) is 17.1. The van der Waals surface area contributed by atoms with Gasteiger partial charge in [0.25, 0.3) is 0 Å². The molecule has 6 rings (SSSR count). The van der Waals surface area contributed by atoms with Crippen LogP contribution < -0.4 is 4.74 Å². The first-order valence-electron chi connectivity index (χ1n) is 10.8. The summed E-state index contributed by atoms with van der Waals surface area (Å²) in [7, 11) is 0. The second kappa shape index (κ2) is 6.89. The quantitative estimate of drug-likeness (QED) is 0.670. The SMILES string of the molecule is CCc1ccc(Oc2cnc3ccccc3n2)cc1C1=C(O)[C@@H]2C3CCC(O3)[C@@H]2C1=O. The van der Waals surface area contributed by atoms with E-state index in [0.29, 0.717) is 17.2 Å². The Morgan fingerprint density at radius 3 is 2.65 bits per heavy atom.